The van der Waals surface area contributed by atoms with Gasteiger partial charge >= 0.3 is 0 Å². The van der Waals surface area contributed by atoms with Gasteiger partial charge in [-0.05, 0) is 19.1 Å². The molecule has 0 fully saturated rings. The summed E-state index contributed by atoms with van der Waals surface area (Å²) in [4.78, 5) is 0. The van der Waals surface area contributed by atoms with Gasteiger partial charge in [-0.15, -0.1) is 0 Å². The van der Waals surface area contributed by atoms with Gasteiger partial charge < -0.3 is 10.2 Å². The molecule has 0 unspecified atom stereocenters. The number of aliphatic hydroxyl groups is 2. The number of allylic oxidation sites excluding steroid dienone is 2. The molecule has 8 heavy (non-hydrogen) atoms. The fourth-order valence-corrected chi connectivity index (χ4v) is 0.291. The maximum Gasteiger partial charge on any atom is 0.0918 e. The molecule has 0 radical (unpaired) electrons. The van der Waals surface area contributed by atoms with E-state index in [4.69, 9.17) is 10.2 Å². The highest BCUT2D eigenvalue weighted by Crippen LogP contribution is 1.94. The topological polar surface area (TPSA) is 40.5 Å². The van der Waals surface area contributed by atoms with E-state index in [-0.39, 0.29) is 5.76 Å². The molecule has 0 saturated heterocycles. The molecule has 46 valence electrons. The van der Waals surface area contributed by atoms with E-state index in [9.17, 15) is 0 Å². The van der Waals surface area contributed by atoms with E-state index in [0.29, 0.717) is 6.42 Å². The summed E-state index contributed by atoms with van der Waals surface area (Å²) in [6.07, 6.45) is 4.38. The number of aliphatic hydroxyl groups excluding tert-OH is 2. The third-order valence-corrected chi connectivity index (χ3v) is 0.766. The summed E-state index contributed by atoms with van der Waals surface area (Å²) < 4.78 is 0. The molecule has 0 aliphatic heterocycles. The van der Waals surface area contributed by atoms with Crippen molar-refractivity contribution in [2.45, 2.75) is 13.3 Å². The molecule has 0 heterocycles. The first-order chi connectivity index (χ1) is 3.81. The van der Waals surface area contributed by atoms with Crippen molar-refractivity contribution in [3.63, 3.8) is 0 Å². The van der Waals surface area contributed by atoms with Crippen molar-refractivity contribution in [3.05, 3.63) is 24.2 Å². The van der Waals surface area contributed by atoms with Crippen molar-refractivity contribution in [2.75, 3.05) is 0 Å². The van der Waals surface area contributed by atoms with Crippen molar-refractivity contribution >= 4 is 0 Å². The molecular formula is C6H10O2. The second kappa shape index (κ2) is 4.24. The molecule has 0 aromatic carbocycles. The fraction of sp³-hybridized carbons (Fsp3) is 0.333. The van der Waals surface area contributed by atoms with Gasteiger partial charge in [0.2, 0.25) is 0 Å². The zero-order chi connectivity index (χ0) is 6.41. The second-order valence-corrected chi connectivity index (χ2v) is 1.37. The van der Waals surface area contributed by atoms with Crippen LogP contribution in [0.2, 0.25) is 0 Å². The van der Waals surface area contributed by atoms with Crippen LogP contribution in [0.4, 0.5) is 0 Å². The van der Waals surface area contributed by atoms with E-state index in [0.717, 1.165) is 6.26 Å². The maximum atomic E-state index is 8.69. The number of rotatable bonds is 2. The molecule has 0 rings (SSSR count). The average Bonchev–Trinajstić information content (AvgIpc) is 1.83. The first kappa shape index (κ1) is 7.08. The van der Waals surface area contributed by atoms with Crippen LogP contribution in [0.25, 0.3) is 0 Å². The van der Waals surface area contributed by atoms with Crippen LogP contribution < -0.4 is 0 Å². The summed E-state index contributed by atoms with van der Waals surface area (Å²) in [6.45, 7) is 1.74. The Bertz CT molecular complexity index is 103. The van der Waals surface area contributed by atoms with Gasteiger partial charge in [0.05, 0.1) is 12.0 Å². The first-order valence-corrected chi connectivity index (χ1v) is 2.44. The van der Waals surface area contributed by atoms with Crippen LogP contribution in [-0.2, 0) is 0 Å². The smallest absolute Gasteiger partial charge is 0.0918 e. The van der Waals surface area contributed by atoms with Crippen LogP contribution >= 0.6 is 0 Å². The van der Waals surface area contributed by atoms with Gasteiger partial charge in [-0.2, -0.15) is 0 Å². The lowest BCUT2D eigenvalue weighted by molar-refractivity contribution is 0.397. The Kier molecular flexibility index (Phi) is 3.76. The highest BCUT2D eigenvalue weighted by Gasteiger charge is 1.81. The van der Waals surface area contributed by atoms with Crippen LogP contribution in [0, 0.1) is 0 Å². The summed E-state index contributed by atoms with van der Waals surface area (Å²) >= 11 is 0. The third kappa shape index (κ3) is 3.28. The molecule has 0 saturated carbocycles. The predicted octanol–water partition coefficient (Wildman–Crippen LogP) is 1.91. The molecule has 0 aliphatic rings. The zero-order valence-corrected chi connectivity index (χ0v) is 4.83. The van der Waals surface area contributed by atoms with Crippen molar-refractivity contribution < 1.29 is 10.2 Å². The minimum atomic E-state index is 0.273. The lowest BCUT2D eigenvalue weighted by Crippen LogP contribution is -1.74. The molecule has 0 aromatic heterocycles. The molecule has 2 nitrogen and oxygen atoms in total. The predicted molar refractivity (Wildman–Crippen MR) is 32.8 cm³/mol. The molecule has 0 aliphatic carbocycles. The van der Waals surface area contributed by atoms with Gasteiger partial charge in [-0.25, -0.2) is 0 Å². The SMILES string of the molecule is CC=C(O)CC=CO. The molecule has 2 N–H and O–H groups in total. The quantitative estimate of drug-likeness (QED) is 0.538. The summed E-state index contributed by atoms with van der Waals surface area (Å²) in [7, 11) is 0. The largest absolute Gasteiger partial charge is 0.516 e. The Morgan fingerprint density at radius 1 is 1.62 bits per heavy atom. The molecule has 0 bridgehead atoms. The van der Waals surface area contributed by atoms with Crippen LogP contribution in [0.15, 0.2) is 24.2 Å². The molecule has 0 spiro atoms. The Morgan fingerprint density at radius 3 is 2.62 bits per heavy atom. The van der Waals surface area contributed by atoms with E-state index in [1.54, 1.807) is 13.0 Å². The molecule has 2 heteroatoms. The van der Waals surface area contributed by atoms with Gasteiger partial charge in [0.1, 0.15) is 0 Å². The van der Waals surface area contributed by atoms with Gasteiger partial charge in [-0.3, -0.25) is 0 Å². The van der Waals surface area contributed by atoms with Gasteiger partial charge in [-0.1, -0.05) is 0 Å². The summed E-state index contributed by atoms with van der Waals surface area (Å²) in [6, 6.07) is 0. The Labute approximate surface area is 48.8 Å². The van der Waals surface area contributed by atoms with E-state index in [1.165, 1.54) is 6.08 Å². The number of hydrogen-bond acceptors (Lipinski definition) is 2. The molecule has 0 amide bonds. The highest BCUT2D eigenvalue weighted by atomic mass is 16.3. The van der Waals surface area contributed by atoms with E-state index < -0.39 is 0 Å². The van der Waals surface area contributed by atoms with E-state index in [1.807, 2.05) is 0 Å². The normalized spacial score (nSPS) is 12.9. The summed E-state index contributed by atoms with van der Waals surface area (Å²) in [5, 5.41) is 16.8. The van der Waals surface area contributed by atoms with Crippen molar-refractivity contribution in [1.29, 1.82) is 0 Å². The fourth-order valence-electron chi connectivity index (χ4n) is 0.291. The minimum absolute atomic E-state index is 0.273. The monoisotopic (exact) mass is 114 g/mol. The molecule has 0 atom stereocenters. The zero-order valence-electron chi connectivity index (χ0n) is 4.83. The van der Waals surface area contributed by atoms with Crippen LogP contribution in [0.5, 0.6) is 0 Å². The first-order valence-electron chi connectivity index (χ1n) is 2.44. The van der Waals surface area contributed by atoms with Crippen LogP contribution in [0.1, 0.15) is 13.3 Å². The third-order valence-electron chi connectivity index (χ3n) is 0.766. The summed E-state index contributed by atoms with van der Waals surface area (Å²) in [5.41, 5.74) is 0. The van der Waals surface area contributed by atoms with Crippen molar-refractivity contribution in [3.8, 4) is 0 Å². The van der Waals surface area contributed by atoms with Gasteiger partial charge in [0.25, 0.3) is 0 Å². The molecule has 0 aromatic rings. The van der Waals surface area contributed by atoms with Gasteiger partial charge in [0, 0.05) is 6.42 Å². The summed E-state index contributed by atoms with van der Waals surface area (Å²) in [5.74, 6) is 0.273. The lowest BCUT2D eigenvalue weighted by atomic mass is 10.3. The van der Waals surface area contributed by atoms with Gasteiger partial charge in [0.15, 0.2) is 0 Å². The standard InChI is InChI=1S/C6H10O2/c1-2-6(8)4-3-5-7/h2-3,5,7-8H,4H2,1H3. The van der Waals surface area contributed by atoms with Crippen LogP contribution in [0.3, 0.4) is 0 Å². The lowest BCUT2D eigenvalue weighted by Gasteiger charge is -1.87. The Morgan fingerprint density at radius 2 is 2.25 bits per heavy atom. The van der Waals surface area contributed by atoms with E-state index in [2.05, 4.69) is 0 Å². The maximum absolute atomic E-state index is 8.69. The van der Waals surface area contributed by atoms with Crippen molar-refractivity contribution in [1.82, 2.24) is 0 Å². The Balaban J connectivity index is 3.40. The highest BCUT2D eigenvalue weighted by molar-refractivity contribution is 4.94. The second-order valence-electron chi connectivity index (χ2n) is 1.37. The molecular weight excluding hydrogens is 104 g/mol. The van der Waals surface area contributed by atoms with E-state index >= 15 is 0 Å². The van der Waals surface area contributed by atoms with Crippen LogP contribution in [-0.4, -0.2) is 10.2 Å². The minimum Gasteiger partial charge on any atom is -0.516 e. The van der Waals surface area contributed by atoms with Crippen molar-refractivity contribution in [2.24, 2.45) is 0 Å². The number of hydrogen-bond donors (Lipinski definition) is 2. The average molecular weight is 114 g/mol. The Hall–Kier alpha value is -0.920.